The Morgan fingerprint density at radius 3 is 2.29 bits per heavy atom. The number of benzene rings is 1. The first kappa shape index (κ1) is 19.3. The number of H-pyrrole nitrogens is 1. The van der Waals surface area contributed by atoms with E-state index < -0.39 is 5.97 Å². The van der Waals surface area contributed by atoms with Crippen molar-refractivity contribution in [3.63, 3.8) is 0 Å². The highest BCUT2D eigenvalue weighted by molar-refractivity contribution is 6.14. The Labute approximate surface area is 160 Å². The molecule has 2 heterocycles. The van der Waals surface area contributed by atoms with Gasteiger partial charge in [0, 0.05) is 18.7 Å². The molecule has 2 aromatic heterocycles. The number of carboxylic acids is 1. The fourth-order valence-electron chi connectivity index (χ4n) is 3.10. The van der Waals surface area contributed by atoms with Crippen molar-refractivity contribution in [2.24, 2.45) is 0 Å². The number of hydrogen-bond acceptors (Lipinski definition) is 4. The van der Waals surface area contributed by atoms with Gasteiger partial charge in [0.2, 0.25) is 0 Å². The average Bonchev–Trinajstić information content (AvgIpc) is 3.13. The van der Waals surface area contributed by atoms with E-state index in [0.29, 0.717) is 42.1 Å². The van der Waals surface area contributed by atoms with E-state index in [4.69, 9.17) is 5.11 Å². The molecule has 0 aliphatic heterocycles. The van der Waals surface area contributed by atoms with Crippen LogP contribution in [0.25, 0.3) is 28.1 Å². The first-order valence-corrected chi connectivity index (χ1v) is 9.15. The monoisotopic (exact) mass is 382 g/mol. The molecule has 8 heteroatoms. The molecule has 3 rings (SSSR count). The highest BCUT2D eigenvalue weighted by atomic mass is 16.4. The molecule has 0 spiro atoms. The van der Waals surface area contributed by atoms with E-state index in [2.05, 4.69) is 16.5 Å². The number of carboxylic acid groups (broad SMARTS) is 1. The number of aromatic amines is 1. The zero-order chi connectivity index (χ0) is 20.4. The second-order valence-electron chi connectivity index (χ2n) is 6.54. The van der Waals surface area contributed by atoms with Crippen LogP contribution in [0.3, 0.4) is 0 Å². The number of hydrogen-bond donors (Lipinski definition) is 2. The van der Waals surface area contributed by atoms with Gasteiger partial charge in [-0.3, -0.25) is 13.9 Å². The van der Waals surface area contributed by atoms with Crippen LogP contribution in [0.2, 0.25) is 0 Å². The number of nitrogens with one attached hydrogen (secondary N) is 1. The molecular formula is C20H22N4O4. The van der Waals surface area contributed by atoms with Gasteiger partial charge in [0.05, 0.1) is 5.57 Å². The third-order valence-corrected chi connectivity index (χ3v) is 4.52. The van der Waals surface area contributed by atoms with E-state index in [1.54, 1.807) is 24.3 Å². The lowest BCUT2D eigenvalue weighted by Crippen LogP contribution is -2.40. The van der Waals surface area contributed by atoms with E-state index in [0.717, 1.165) is 6.42 Å². The maximum atomic E-state index is 12.8. The summed E-state index contributed by atoms with van der Waals surface area (Å²) in [7, 11) is 0. The first-order chi connectivity index (χ1) is 13.4. The summed E-state index contributed by atoms with van der Waals surface area (Å²) < 4.78 is 2.76. The Balaban J connectivity index is 2.16. The molecule has 0 aliphatic rings. The molecule has 0 amide bonds. The fraction of sp³-hybridized carbons (Fsp3) is 0.300. The smallest absolute Gasteiger partial charge is 0.335 e. The standard InChI is InChI=1S/C20H22N4O4/c1-4-10-23-17-15(18(25)24(11-5-2)20(23)28)21-16(22-17)14-8-6-13(7-9-14)12(3)19(26)27/h6-9H,3-5,10-11H2,1-2H3,(H,21,22)(H,26,27). The molecule has 0 unspecified atom stereocenters. The molecule has 0 radical (unpaired) electrons. The van der Waals surface area contributed by atoms with E-state index in [9.17, 15) is 14.4 Å². The Morgan fingerprint density at radius 1 is 1.11 bits per heavy atom. The summed E-state index contributed by atoms with van der Waals surface area (Å²) in [5.41, 5.74) is 1.04. The van der Waals surface area contributed by atoms with Crippen LogP contribution < -0.4 is 11.2 Å². The van der Waals surface area contributed by atoms with Gasteiger partial charge in [-0.15, -0.1) is 0 Å². The Kier molecular flexibility index (Phi) is 5.30. The number of aryl methyl sites for hydroxylation is 1. The third-order valence-electron chi connectivity index (χ3n) is 4.52. The summed E-state index contributed by atoms with van der Waals surface area (Å²) in [6.07, 6.45) is 1.40. The molecular weight excluding hydrogens is 360 g/mol. The molecule has 146 valence electrons. The van der Waals surface area contributed by atoms with E-state index in [1.165, 1.54) is 9.13 Å². The van der Waals surface area contributed by atoms with Crippen molar-refractivity contribution in [2.75, 3.05) is 0 Å². The quantitative estimate of drug-likeness (QED) is 0.610. The maximum Gasteiger partial charge on any atom is 0.335 e. The topological polar surface area (TPSA) is 110 Å². The number of aromatic nitrogens is 4. The molecule has 3 aromatic rings. The molecule has 28 heavy (non-hydrogen) atoms. The number of carbonyl (C=O) groups is 1. The Bertz CT molecular complexity index is 1170. The molecule has 0 saturated heterocycles. The number of fused-ring (bicyclic) bond motifs is 1. The zero-order valence-electron chi connectivity index (χ0n) is 15.9. The highest BCUT2D eigenvalue weighted by Crippen LogP contribution is 2.21. The van der Waals surface area contributed by atoms with Crippen LogP contribution in [0.1, 0.15) is 32.3 Å². The van der Waals surface area contributed by atoms with Gasteiger partial charge in [-0.2, -0.15) is 0 Å². The maximum absolute atomic E-state index is 12.8. The predicted molar refractivity (Wildman–Crippen MR) is 107 cm³/mol. The van der Waals surface area contributed by atoms with Gasteiger partial charge < -0.3 is 10.1 Å². The van der Waals surface area contributed by atoms with E-state index in [-0.39, 0.29) is 22.3 Å². The van der Waals surface area contributed by atoms with Gasteiger partial charge in [0.25, 0.3) is 5.56 Å². The van der Waals surface area contributed by atoms with Gasteiger partial charge in [0.15, 0.2) is 5.65 Å². The Morgan fingerprint density at radius 2 is 1.71 bits per heavy atom. The van der Waals surface area contributed by atoms with Crippen molar-refractivity contribution < 1.29 is 9.90 Å². The molecule has 2 N–H and O–H groups in total. The molecule has 8 nitrogen and oxygen atoms in total. The third kappa shape index (κ3) is 3.28. The van der Waals surface area contributed by atoms with Gasteiger partial charge in [0.1, 0.15) is 11.3 Å². The van der Waals surface area contributed by atoms with Crippen LogP contribution >= 0.6 is 0 Å². The number of nitrogens with zero attached hydrogens (tertiary/aromatic N) is 3. The van der Waals surface area contributed by atoms with Crippen molar-refractivity contribution in [2.45, 2.75) is 39.8 Å². The van der Waals surface area contributed by atoms with Gasteiger partial charge in [-0.25, -0.2) is 14.6 Å². The van der Waals surface area contributed by atoms with E-state index in [1.807, 2.05) is 13.8 Å². The van der Waals surface area contributed by atoms with Crippen LogP contribution in [-0.2, 0) is 17.9 Å². The summed E-state index contributed by atoms with van der Waals surface area (Å²) in [5, 5.41) is 9.04. The molecule has 0 aliphatic carbocycles. The lowest BCUT2D eigenvalue weighted by Gasteiger charge is -2.09. The number of rotatable bonds is 7. The van der Waals surface area contributed by atoms with Gasteiger partial charge in [-0.05, 0) is 18.4 Å². The minimum Gasteiger partial charge on any atom is -0.478 e. The van der Waals surface area contributed by atoms with Crippen molar-refractivity contribution in [1.82, 2.24) is 19.1 Å². The lowest BCUT2D eigenvalue weighted by atomic mass is 10.1. The largest absolute Gasteiger partial charge is 0.478 e. The fourth-order valence-corrected chi connectivity index (χ4v) is 3.10. The van der Waals surface area contributed by atoms with Crippen molar-refractivity contribution in [3.8, 4) is 11.4 Å². The predicted octanol–water partition coefficient (Wildman–Crippen LogP) is 2.47. The van der Waals surface area contributed by atoms with Crippen LogP contribution in [0.4, 0.5) is 0 Å². The second-order valence-corrected chi connectivity index (χ2v) is 6.54. The van der Waals surface area contributed by atoms with Crippen LogP contribution in [0.15, 0.2) is 40.4 Å². The van der Waals surface area contributed by atoms with Gasteiger partial charge in [-0.1, -0.05) is 44.7 Å². The van der Waals surface area contributed by atoms with Gasteiger partial charge >= 0.3 is 11.7 Å². The average molecular weight is 382 g/mol. The summed E-state index contributed by atoms with van der Waals surface area (Å²) in [6.45, 7) is 8.20. The summed E-state index contributed by atoms with van der Waals surface area (Å²) in [4.78, 5) is 44.0. The zero-order valence-corrected chi connectivity index (χ0v) is 15.9. The molecule has 1 aromatic carbocycles. The van der Waals surface area contributed by atoms with E-state index >= 15 is 0 Å². The minimum atomic E-state index is -1.09. The van der Waals surface area contributed by atoms with Crippen molar-refractivity contribution >= 4 is 22.7 Å². The van der Waals surface area contributed by atoms with Crippen molar-refractivity contribution in [1.29, 1.82) is 0 Å². The second kappa shape index (κ2) is 7.67. The normalized spacial score (nSPS) is 11.1. The lowest BCUT2D eigenvalue weighted by molar-refractivity contribution is -0.130. The summed E-state index contributed by atoms with van der Waals surface area (Å²) >= 11 is 0. The molecule has 0 fully saturated rings. The number of aliphatic carboxylic acids is 1. The summed E-state index contributed by atoms with van der Waals surface area (Å²) in [6, 6.07) is 6.67. The molecule has 0 saturated carbocycles. The number of imidazole rings is 1. The Hall–Kier alpha value is -3.42. The van der Waals surface area contributed by atoms with Crippen LogP contribution in [0.5, 0.6) is 0 Å². The SMILES string of the molecule is C=C(C(=O)O)c1ccc(-c2nc3c([nH]2)c(=O)n(CCC)c(=O)n3CCC)cc1. The minimum absolute atomic E-state index is 0.00427. The highest BCUT2D eigenvalue weighted by Gasteiger charge is 2.17. The van der Waals surface area contributed by atoms with Crippen LogP contribution in [-0.4, -0.2) is 30.2 Å². The van der Waals surface area contributed by atoms with Crippen molar-refractivity contribution in [3.05, 3.63) is 57.2 Å². The first-order valence-electron chi connectivity index (χ1n) is 9.15. The molecule has 0 bridgehead atoms. The van der Waals surface area contributed by atoms with Crippen LogP contribution in [0, 0.1) is 0 Å². The molecule has 0 atom stereocenters. The summed E-state index contributed by atoms with van der Waals surface area (Å²) in [5.74, 6) is -0.644.